The summed E-state index contributed by atoms with van der Waals surface area (Å²) in [7, 11) is 0. The van der Waals surface area contributed by atoms with Crippen LogP contribution in [0.15, 0.2) is 37.1 Å². The van der Waals surface area contributed by atoms with Gasteiger partial charge < -0.3 is 4.42 Å². The molecular weight excluding hydrogens is 332 g/mol. The van der Waals surface area contributed by atoms with E-state index in [9.17, 15) is 4.79 Å². The number of carbonyl (C=O) groups is 1. The number of halogens is 2. The lowest BCUT2D eigenvalue weighted by atomic mass is 10.2. The van der Waals surface area contributed by atoms with Crippen LogP contribution in [0.1, 0.15) is 15.4 Å². The van der Waals surface area contributed by atoms with Crippen LogP contribution in [0.2, 0.25) is 0 Å². The van der Waals surface area contributed by atoms with Gasteiger partial charge in [0.1, 0.15) is 0 Å². The summed E-state index contributed by atoms with van der Waals surface area (Å²) < 4.78 is 6.58. The van der Waals surface area contributed by atoms with E-state index in [4.69, 9.17) is 4.42 Å². The molecule has 0 aliphatic heterocycles. The third-order valence-corrected chi connectivity index (χ3v) is 4.11. The summed E-state index contributed by atoms with van der Waals surface area (Å²) >= 11 is 7.95. The van der Waals surface area contributed by atoms with Crippen LogP contribution in [-0.4, -0.2) is 5.78 Å². The van der Waals surface area contributed by atoms with E-state index in [0.717, 1.165) is 4.47 Å². The van der Waals surface area contributed by atoms with Gasteiger partial charge in [0.15, 0.2) is 5.76 Å². The molecule has 2 heterocycles. The smallest absolute Gasteiger partial charge is 0.240 e. The van der Waals surface area contributed by atoms with Crippen molar-refractivity contribution < 1.29 is 9.21 Å². The van der Waals surface area contributed by atoms with Gasteiger partial charge in [-0.3, -0.25) is 4.79 Å². The second-order valence-electron chi connectivity index (χ2n) is 2.52. The first-order chi connectivity index (χ1) is 6.70. The highest BCUT2D eigenvalue weighted by Crippen LogP contribution is 2.28. The molecule has 0 bridgehead atoms. The van der Waals surface area contributed by atoms with E-state index in [-0.39, 0.29) is 5.78 Å². The Morgan fingerprint density at radius 3 is 2.57 bits per heavy atom. The van der Waals surface area contributed by atoms with Gasteiger partial charge in [0.05, 0.1) is 15.6 Å². The molecule has 2 nitrogen and oxygen atoms in total. The lowest BCUT2D eigenvalue weighted by molar-refractivity contribution is 0.101. The van der Waals surface area contributed by atoms with E-state index in [1.54, 1.807) is 6.07 Å². The summed E-state index contributed by atoms with van der Waals surface area (Å²) in [4.78, 5) is 12.5. The van der Waals surface area contributed by atoms with Gasteiger partial charge in [-0.2, -0.15) is 0 Å². The molecule has 5 heteroatoms. The maximum absolute atomic E-state index is 11.9. The fourth-order valence-corrected chi connectivity index (χ4v) is 2.88. The number of furan rings is 1. The molecule has 0 amide bonds. The van der Waals surface area contributed by atoms with Crippen LogP contribution in [0.3, 0.4) is 0 Å². The van der Waals surface area contributed by atoms with Crippen molar-refractivity contribution in [2.45, 2.75) is 0 Å². The molecule has 0 radical (unpaired) electrons. The largest absolute Gasteiger partial charge is 0.460 e. The third kappa shape index (κ3) is 1.71. The molecule has 2 aromatic heterocycles. The van der Waals surface area contributed by atoms with Crippen LogP contribution in [0, 0.1) is 0 Å². The second kappa shape index (κ2) is 4.00. The van der Waals surface area contributed by atoms with E-state index < -0.39 is 0 Å². The van der Waals surface area contributed by atoms with Crippen molar-refractivity contribution in [2.24, 2.45) is 0 Å². The Kier molecular flexibility index (Phi) is 2.90. The second-order valence-corrected chi connectivity index (χ2v) is 5.15. The zero-order chi connectivity index (χ0) is 10.1. The molecule has 0 spiro atoms. The van der Waals surface area contributed by atoms with E-state index >= 15 is 0 Å². The van der Waals surface area contributed by atoms with Gasteiger partial charge in [0.2, 0.25) is 5.78 Å². The molecule has 0 saturated carbocycles. The summed E-state index contributed by atoms with van der Waals surface area (Å²) in [6.45, 7) is 0. The Morgan fingerprint density at radius 1 is 1.29 bits per heavy atom. The van der Waals surface area contributed by atoms with Crippen LogP contribution in [0.5, 0.6) is 0 Å². The summed E-state index contributed by atoms with van der Waals surface area (Å²) in [5.41, 5.74) is 0. The standard InChI is InChI=1S/C9H4Br2O2S/c10-5-1-3-13-8(5)7(12)9-6(11)2-4-14-9/h1-4H. The van der Waals surface area contributed by atoms with Crippen LogP contribution in [0.4, 0.5) is 0 Å². The molecule has 72 valence electrons. The van der Waals surface area contributed by atoms with Gasteiger partial charge >= 0.3 is 0 Å². The molecule has 2 rings (SSSR count). The highest BCUT2D eigenvalue weighted by atomic mass is 79.9. The van der Waals surface area contributed by atoms with Crippen molar-refractivity contribution in [1.82, 2.24) is 0 Å². The van der Waals surface area contributed by atoms with Gasteiger partial charge in [-0.15, -0.1) is 11.3 Å². The van der Waals surface area contributed by atoms with Gasteiger partial charge in [-0.25, -0.2) is 0 Å². The monoisotopic (exact) mass is 334 g/mol. The van der Waals surface area contributed by atoms with E-state index in [0.29, 0.717) is 15.1 Å². The van der Waals surface area contributed by atoms with Crippen molar-refractivity contribution in [2.75, 3.05) is 0 Å². The minimum absolute atomic E-state index is 0.108. The van der Waals surface area contributed by atoms with Crippen LogP contribution in [-0.2, 0) is 0 Å². The predicted molar refractivity (Wildman–Crippen MR) is 61.9 cm³/mol. The highest BCUT2D eigenvalue weighted by Gasteiger charge is 2.19. The number of hydrogen-bond donors (Lipinski definition) is 0. The van der Waals surface area contributed by atoms with Crippen molar-refractivity contribution in [3.63, 3.8) is 0 Å². The quantitative estimate of drug-likeness (QED) is 0.773. The summed E-state index contributed by atoms with van der Waals surface area (Å²) in [5, 5.41) is 1.86. The van der Waals surface area contributed by atoms with Gasteiger partial charge in [-0.05, 0) is 49.4 Å². The first-order valence-corrected chi connectivity index (χ1v) is 6.17. The minimum atomic E-state index is -0.108. The SMILES string of the molecule is O=C(c1occc1Br)c1sccc1Br. The average molecular weight is 336 g/mol. The Labute approximate surface area is 101 Å². The zero-order valence-electron chi connectivity index (χ0n) is 6.79. The molecule has 0 N–H and O–H groups in total. The number of rotatable bonds is 2. The summed E-state index contributed by atoms with van der Waals surface area (Å²) in [6.07, 6.45) is 1.48. The number of carbonyl (C=O) groups excluding carboxylic acids is 1. The van der Waals surface area contributed by atoms with Crippen molar-refractivity contribution in [3.8, 4) is 0 Å². The minimum Gasteiger partial charge on any atom is -0.460 e. The average Bonchev–Trinajstić information content (AvgIpc) is 2.73. The van der Waals surface area contributed by atoms with Crippen molar-refractivity contribution in [3.05, 3.63) is 43.4 Å². The molecule has 14 heavy (non-hydrogen) atoms. The summed E-state index contributed by atoms with van der Waals surface area (Å²) in [5.74, 6) is 0.233. The predicted octanol–water partition coefficient (Wildman–Crippen LogP) is 4.10. The Hall–Kier alpha value is -0.390. The van der Waals surface area contributed by atoms with Crippen LogP contribution < -0.4 is 0 Å². The first kappa shape index (κ1) is 10.1. The highest BCUT2D eigenvalue weighted by molar-refractivity contribution is 9.11. The van der Waals surface area contributed by atoms with Gasteiger partial charge in [0, 0.05) is 4.47 Å². The number of hydrogen-bond acceptors (Lipinski definition) is 3. The lowest BCUT2D eigenvalue weighted by Crippen LogP contribution is -1.97. The zero-order valence-corrected chi connectivity index (χ0v) is 10.8. The third-order valence-electron chi connectivity index (χ3n) is 1.65. The van der Waals surface area contributed by atoms with Crippen molar-refractivity contribution >= 4 is 49.0 Å². The van der Waals surface area contributed by atoms with E-state index in [1.807, 2.05) is 11.4 Å². The Bertz CT molecular complexity index is 430. The van der Waals surface area contributed by atoms with Gasteiger partial charge in [-0.1, -0.05) is 0 Å². The number of thiophene rings is 1. The fraction of sp³-hybridized carbons (Fsp3) is 0. The van der Waals surface area contributed by atoms with Gasteiger partial charge in [0.25, 0.3) is 0 Å². The Balaban J connectivity index is 2.44. The molecular formula is C9H4Br2O2S. The van der Waals surface area contributed by atoms with E-state index in [1.165, 1.54) is 17.6 Å². The van der Waals surface area contributed by atoms with Crippen LogP contribution in [0.25, 0.3) is 0 Å². The topological polar surface area (TPSA) is 30.2 Å². The molecule has 0 saturated heterocycles. The molecule has 0 aliphatic carbocycles. The maximum Gasteiger partial charge on any atom is 0.240 e. The normalized spacial score (nSPS) is 10.4. The molecule has 2 aromatic rings. The van der Waals surface area contributed by atoms with E-state index in [2.05, 4.69) is 31.9 Å². The molecule has 0 aromatic carbocycles. The lowest BCUT2D eigenvalue weighted by Gasteiger charge is -1.94. The molecule has 0 aliphatic rings. The summed E-state index contributed by atoms with van der Waals surface area (Å²) in [6, 6.07) is 3.55. The maximum atomic E-state index is 11.9. The molecule has 0 unspecified atom stereocenters. The Morgan fingerprint density at radius 2 is 2.07 bits per heavy atom. The fourth-order valence-electron chi connectivity index (χ4n) is 1.01. The number of ketones is 1. The molecule has 0 fully saturated rings. The van der Waals surface area contributed by atoms with Crippen molar-refractivity contribution in [1.29, 1.82) is 0 Å². The molecule has 0 atom stereocenters. The first-order valence-electron chi connectivity index (χ1n) is 3.71. The van der Waals surface area contributed by atoms with Crippen LogP contribution >= 0.6 is 43.2 Å².